The molecule has 9 heteroatoms. The summed E-state index contributed by atoms with van der Waals surface area (Å²) in [5.74, 6) is 1.45. The Bertz CT molecular complexity index is 834. The van der Waals surface area contributed by atoms with Crippen LogP contribution in [-0.4, -0.2) is 47.2 Å². The Morgan fingerprint density at radius 3 is 2.62 bits per heavy atom. The zero-order valence-corrected chi connectivity index (χ0v) is 17.8. The summed E-state index contributed by atoms with van der Waals surface area (Å²) in [6.07, 6.45) is 2.40. The number of nitrogens with one attached hydrogen (secondary N) is 3. The molecule has 0 aliphatic heterocycles. The van der Waals surface area contributed by atoms with Crippen molar-refractivity contribution in [3.8, 4) is 0 Å². The number of rotatable bonds is 12. The van der Waals surface area contributed by atoms with E-state index in [0.717, 1.165) is 24.3 Å². The van der Waals surface area contributed by atoms with Crippen LogP contribution in [0.25, 0.3) is 0 Å². The van der Waals surface area contributed by atoms with Crippen LogP contribution in [0.3, 0.4) is 0 Å². The average Bonchev–Trinajstić information content (AvgIpc) is 3.21. The van der Waals surface area contributed by atoms with Crippen molar-refractivity contribution >= 4 is 16.0 Å². The van der Waals surface area contributed by atoms with Crippen LogP contribution in [0.1, 0.15) is 24.7 Å². The molecule has 0 unspecified atom stereocenters. The maximum absolute atomic E-state index is 12.3. The summed E-state index contributed by atoms with van der Waals surface area (Å²) in [6.45, 7) is 6.93. The van der Waals surface area contributed by atoms with Crippen molar-refractivity contribution in [2.75, 3.05) is 32.8 Å². The smallest absolute Gasteiger partial charge is 0.240 e. The molecule has 0 atom stereocenters. The van der Waals surface area contributed by atoms with Crippen molar-refractivity contribution in [3.05, 3.63) is 54.0 Å². The molecule has 0 saturated carbocycles. The summed E-state index contributed by atoms with van der Waals surface area (Å²) in [6, 6.07) is 10.5. The highest BCUT2D eigenvalue weighted by Gasteiger charge is 2.12. The lowest BCUT2D eigenvalue weighted by Crippen LogP contribution is -2.41. The van der Waals surface area contributed by atoms with Gasteiger partial charge in [-0.1, -0.05) is 17.7 Å². The zero-order chi connectivity index (χ0) is 21.0. The Morgan fingerprint density at radius 2 is 1.93 bits per heavy atom. The van der Waals surface area contributed by atoms with Gasteiger partial charge in [-0.25, -0.2) is 13.1 Å². The molecule has 0 aliphatic carbocycles. The van der Waals surface area contributed by atoms with Crippen LogP contribution in [0.4, 0.5) is 0 Å². The highest BCUT2D eigenvalue weighted by molar-refractivity contribution is 7.89. The van der Waals surface area contributed by atoms with Crippen LogP contribution in [0.2, 0.25) is 0 Å². The van der Waals surface area contributed by atoms with Gasteiger partial charge in [-0.05, 0) is 44.5 Å². The molecule has 2 rings (SSSR count). The molecule has 29 heavy (non-hydrogen) atoms. The largest absolute Gasteiger partial charge is 0.467 e. The topological polar surface area (TPSA) is 105 Å². The number of aliphatic imine (C=N–C) groups is 1. The highest BCUT2D eigenvalue weighted by Crippen LogP contribution is 2.09. The van der Waals surface area contributed by atoms with E-state index >= 15 is 0 Å². The minimum Gasteiger partial charge on any atom is -0.467 e. The fourth-order valence-electron chi connectivity index (χ4n) is 2.43. The molecule has 0 spiro atoms. The van der Waals surface area contributed by atoms with Crippen molar-refractivity contribution in [1.29, 1.82) is 0 Å². The molecule has 8 nitrogen and oxygen atoms in total. The fraction of sp³-hybridized carbons (Fsp3) is 0.450. The second-order valence-corrected chi connectivity index (χ2v) is 8.15. The quantitative estimate of drug-likeness (QED) is 0.275. The lowest BCUT2D eigenvalue weighted by atomic mass is 10.2. The van der Waals surface area contributed by atoms with E-state index in [1.165, 1.54) is 0 Å². The molecule has 0 radical (unpaired) electrons. The minimum absolute atomic E-state index is 0.257. The van der Waals surface area contributed by atoms with E-state index < -0.39 is 10.0 Å². The molecular weight excluding hydrogens is 392 g/mol. The molecule has 1 aromatic heterocycles. The Balaban J connectivity index is 1.66. The van der Waals surface area contributed by atoms with E-state index in [1.807, 2.05) is 26.0 Å². The Hall–Kier alpha value is -2.36. The molecule has 0 bridgehead atoms. The van der Waals surface area contributed by atoms with Gasteiger partial charge in [0.1, 0.15) is 12.4 Å². The molecule has 1 heterocycles. The number of furan rings is 1. The molecule has 0 aliphatic rings. The summed E-state index contributed by atoms with van der Waals surface area (Å²) in [4.78, 5) is 4.73. The van der Waals surface area contributed by atoms with Gasteiger partial charge in [-0.15, -0.1) is 0 Å². The Morgan fingerprint density at radius 1 is 1.14 bits per heavy atom. The first-order chi connectivity index (χ1) is 14.0. The molecule has 0 saturated heterocycles. The third-order valence-electron chi connectivity index (χ3n) is 3.93. The predicted octanol–water partition coefficient (Wildman–Crippen LogP) is 2.03. The van der Waals surface area contributed by atoms with Gasteiger partial charge < -0.3 is 19.8 Å². The highest BCUT2D eigenvalue weighted by atomic mass is 32.2. The van der Waals surface area contributed by atoms with E-state index in [-0.39, 0.29) is 11.4 Å². The van der Waals surface area contributed by atoms with E-state index in [1.54, 1.807) is 30.5 Å². The van der Waals surface area contributed by atoms with Crippen LogP contribution in [0.5, 0.6) is 0 Å². The number of guanidine groups is 1. The van der Waals surface area contributed by atoms with Gasteiger partial charge in [0, 0.05) is 32.8 Å². The van der Waals surface area contributed by atoms with Crippen molar-refractivity contribution in [1.82, 2.24) is 15.4 Å². The average molecular weight is 423 g/mol. The van der Waals surface area contributed by atoms with Gasteiger partial charge in [0.05, 0.1) is 11.2 Å². The lowest BCUT2D eigenvalue weighted by Gasteiger charge is -2.12. The van der Waals surface area contributed by atoms with Crippen LogP contribution < -0.4 is 15.4 Å². The molecule has 0 fully saturated rings. The summed E-state index contributed by atoms with van der Waals surface area (Å²) < 4.78 is 37.8. The van der Waals surface area contributed by atoms with Gasteiger partial charge in [0.2, 0.25) is 10.0 Å². The first kappa shape index (κ1) is 22.9. The maximum Gasteiger partial charge on any atom is 0.240 e. The molecule has 160 valence electrons. The van der Waals surface area contributed by atoms with E-state index in [2.05, 4.69) is 20.3 Å². The van der Waals surface area contributed by atoms with Gasteiger partial charge >= 0.3 is 0 Å². The third kappa shape index (κ3) is 8.68. The van der Waals surface area contributed by atoms with Crippen LogP contribution in [0.15, 0.2) is 57.0 Å². The number of hydrogen-bond donors (Lipinski definition) is 3. The van der Waals surface area contributed by atoms with Crippen molar-refractivity contribution < 1.29 is 17.6 Å². The first-order valence-electron chi connectivity index (χ1n) is 9.70. The van der Waals surface area contributed by atoms with Crippen LogP contribution in [0, 0.1) is 6.92 Å². The molecule has 3 N–H and O–H groups in total. The number of benzene rings is 1. The molecule has 0 amide bonds. The number of ether oxygens (including phenoxy) is 1. The van der Waals surface area contributed by atoms with Gasteiger partial charge in [0.15, 0.2) is 5.96 Å². The second-order valence-electron chi connectivity index (χ2n) is 6.38. The van der Waals surface area contributed by atoms with Gasteiger partial charge in [-0.3, -0.25) is 4.99 Å². The fourth-order valence-corrected chi connectivity index (χ4v) is 3.47. The summed E-state index contributed by atoms with van der Waals surface area (Å²) in [7, 11) is -3.51. The molecule has 2 aromatic rings. The van der Waals surface area contributed by atoms with Gasteiger partial charge in [0.25, 0.3) is 0 Å². The third-order valence-corrected chi connectivity index (χ3v) is 5.40. The number of nitrogens with zero attached hydrogens (tertiary/aromatic N) is 1. The summed E-state index contributed by atoms with van der Waals surface area (Å²) >= 11 is 0. The summed E-state index contributed by atoms with van der Waals surface area (Å²) in [5.41, 5.74) is 1.02. The second kappa shape index (κ2) is 12.3. The van der Waals surface area contributed by atoms with Crippen LogP contribution >= 0.6 is 0 Å². The van der Waals surface area contributed by atoms with Crippen molar-refractivity contribution in [2.24, 2.45) is 4.99 Å². The number of hydrogen-bond acceptors (Lipinski definition) is 5. The van der Waals surface area contributed by atoms with Gasteiger partial charge in [-0.2, -0.15) is 0 Å². The number of sulfonamides is 1. The van der Waals surface area contributed by atoms with Crippen molar-refractivity contribution in [3.63, 3.8) is 0 Å². The standard InChI is InChI=1S/C20H30N4O4S/c1-3-21-20(22-11-5-14-27-16-18-6-4-15-28-18)23-12-13-24-29(25,26)19-9-7-17(2)8-10-19/h4,6-10,15,24H,3,5,11-14,16H2,1-2H3,(H2,21,22,23). The minimum atomic E-state index is -3.51. The Labute approximate surface area is 172 Å². The monoisotopic (exact) mass is 422 g/mol. The SMILES string of the molecule is CCNC(=NCCCOCc1ccco1)NCCNS(=O)(=O)c1ccc(C)cc1. The number of aryl methyl sites for hydroxylation is 1. The van der Waals surface area contributed by atoms with E-state index in [9.17, 15) is 8.42 Å². The van der Waals surface area contributed by atoms with Crippen LogP contribution in [-0.2, 0) is 21.4 Å². The maximum atomic E-state index is 12.3. The zero-order valence-electron chi connectivity index (χ0n) is 17.0. The van der Waals surface area contributed by atoms with Crippen molar-refractivity contribution in [2.45, 2.75) is 31.8 Å². The lowest BCUT2D eigenvalue weighted by molar-refractivity contribution is 0.105. The first-order valence-corrected chi connectivity index (χ1v) is 11.2. The van der Waals surface area contributed by atoms with E-state index in [0.29, 0.717) is 32.3 Å². The predicted molar refractivity (Wildman–Crippen MR) is 113 cm³/mol. The molecular formula is C20H30N4O4S. The molecule has 1 aromatic carbocycles. The Kier molecular flexibility index (Phi) is 9.69. The normalized spacial score (nSPS) is 12.1. The van der Waals surface area contributed by atoms with E-state index in [4.69, 9.17) is 9.15 Å². The summed E-state index contributed by atoms with van der Waals surface area (Å²) in [5, 5.41) is 6.26.